The topological polar surface area (TPSA) is 64.8 Å². The van der Waals surface area contributed by atoms with E-state index in [0.29, 0.717) is 42.9 Å². The van der Waals surface area contributed by atoms with Gasteiger partial charge in [0.2, 0.25) is 0 Å². The maximum atomic E-state index is 12.6. The summed E-state index contributed by atoms with van der Waals surface area (Å²) in [5.41, 5.74) is 6.22. The summed E-state index contributed by atoms with van der Waals surface area (Å²) in [4.78, 5) is 14.5. The number of carbonyl (C=O) groups is 1. The van der Waals surface area contributed by atoms with Crippen LogP contribution < -0.4 is 15.2 Å². The van der Waals surface area contributed by atoms with E-state index in [9.17, 15) is 4.79 Å². The Labute approximate surface area is 118 Å². The van der Waals surface area contributed by atoms with Crippen molar-refractivity contribution >= 4 is 5.91 Å². The van der Waals surface area contributed by atoms with Crippen LogP contribution in [-0.2, 0) is 0 Å². The lowest BCUT2D eigenvalue weighted by Crippen LogP contribution is -2.35. The molecule has 1 aromatic rings. The van der Waals surface area contributed by atoms with Crippen molar-refractivity contribution in [1.82, 2.24) is 4.90 Å². The molecule has 0 radical (unpaired) electrons. The molecule has 0 spiro atoms. The van der Waals surface area contributed by atoms with Crippen LogP contribution in [-0.4, -0.2) is 43.2 Å². The van der Waals surface area contributed by atoms with E-state index in [4.69, 9.17) is 15.2 Å². The highest BCUT2D eigenvalue weighted by Crippen LogP contribution is 2.33. The van der Waals surface area contributed by atoms with Gasteiger partial charge in [-0.05, 0) is 44.0 Å². The first-order chi connectivity index (χ1) is 9.79. The zero-order chi connectivity index (χ0) is 13.9. The van der Waals surface area contributed by atoms with E-state index in [1.54, 1.807) is 6.07 Å². The van der Waals surface area contributed by atoms with Crippen molar-refractivity contribution in [3.8, 4) is 11.5 Å². The van der Waals surface area contributed by atoms with Gasteiger partial charge in [-0.1, -0.05) is 0 Å². The van der Waals surface area contributed by atoms with Gasteiger partial charge in [0.25, 0.3) is 5.91 Å². The monoisotopic (exact) mass is 276 g/mol. The minimum Gasteiger partial charge on any atom is -0.486 e. The first-order valence-electron chi connectivity index (χ1n) is 7.20. The van der Waals surface area contributed by atoms with Gasteiger partial charge >= 0.3 is 0 Å². The zero-order valence-electron chi connectivity index (χ0n) is 11.5. The summed E-state index contributed by atoms with van der Waals surface area (Å²) < 4.78 is 11.0. The fourth-order valence-corrected chi connectivity index (χ4v) is 2.44. The molecule has 5 heteroatoms. The number of benzene rings is 1. The molecular weight excluding hydrogens is 256 g/mol. The third-order valence-corrected chi connectivity index (χ3v) is 3.64. The highest BCUT2D eigenvalue weighted by atomic mass is 16.6. The highest BCUT2D eigenvalue weighted by Gasteiger charge is 2.32. The lowest BCUT2D eigenvalue weighted by atomic mass is 10.1. The molecule has 1 aromatic carbocycles. The number of nitrogens with zero attached hydrogens (tertiary/aromatic N) is 1. The number of ether oxygens (including phenoxy) is 2. The summed E-state index contributed by atoms with van der Waals surface area (Å²) in [6.07, 6.45) is 3.04. The maximum absolute atomic E-state index is 12.6. The van der Waals surface area contributed by atoms with E-state index >= 15 is 0 Å². The Kier molecular flexibility index (Phi) is 3.78. The summed E-state index contributed by atoms with van der Waals surface area (Å²) in [5, 5.41) is 0. The molecule has 3 rings (SSSR count). The number of hydrogen-bond acceptors (Lipinski definition) is 4. The van der Waals surface area contributed by atoms with Crippen LogP contribution in [0.4, 0.5) is 0 Å². The molecule has 1 amide bonds. The van der Waals surface area contributed by atoms with Crippen molar-refractivity contribution in [2.45, 2.75) is 25.3 Å². The van der Waals surface area contributed by atoms with Gasteiger partial charge in [-0.15, -0.1) is 0 Å². The first kappa shape index (κ1) is 13.2. The van der Waals surface area contributed by atoms with E-state index < -0.39 is 0 Å². The summed E-state index contributed by atoms with van der Waals surface area (Å²) in [6, 6.07) is 5.81. The van der Waals surface area contributed by atoms with E-state index in [2.05, 4.69) is 0 Å². The average molecular weight is 276 g/mol. The fraction of sp³-hybridized carbons (Fsp3) is 0.533. The molecule has 0 saturated heterocycles. The maximum Gasteiger partial charge on any atom is 0.254 e. The van der Waals surface area contributed by atoms with Gasteiger partial charge in [0.1, 0.15) is 13.2 Å². The number of fused-ring (bicyclic) bond motifs is 1. The number of amides is 1. The second-order valence-corrected chi connectivity index (χ2v) is 5.23. The largest absolute Gasteiger partial charge is 0.486 e. The van der Waals surface area contributed by atoms with Crippen LogP contribution in [0.3, 0.4) is 0 Å². The zero-order valence-corrected chi connectivity index (χ0v) is 11.5. The van der Waals surface area contributed by atoms with Crippen molar-refractivity contribution in [1.29, 1.82) is 0 Å². The van der Waals surface area contributed by atoms with Gasteiger partial charge in [-0.25, -0.2) is 0 Å². The van der Waals surface area contributed by atoms with Crippen molar-refractivity contribution in [2.75, 3.05) is 26.3 Å². The molecule has 5 nitrogen and oxygen atoms in total. The highest BCUT2D eigenvalue weighted by molar-refractivity contribution is 5.95. The Morgan fingerprint density at radius 2 is 2.00 bits per heavy atom. The quantitative estimate of drug-likeness (QED) is 0.883. The van der Waals surface area contributed by atoms with Crippen LogP contribution >= 0.6 is 0 Å². The second kappa shape index (κ2) is 5.71. The summed E-state index contributed by atoms with van der Waals surface area (Å²) in [7, 11) is 0. The van der Waals surface area contributed by atoms with Gasteiger partial charge in [0.15, 0.2) is 11.5 Å². The molecule has 1 heterocycles. The number of hydrogen-bond donors (Lipinski definition) is 1. The van der Waals surface area contributed by atoms with Crippen LogP contribution in [0.1, 0.15) is 29.6 Å². The van der Waals surface area contributed by atoms with E-state index in [0.717, 1.165) is 25.8 Å². The summed E-state index contributed by atoms with van der Waals surface area (Å²) in [6.45, 7) is 2.43. The van der Waals surface area contributed by atoms with Crippen molar-refractivity contribution < 1.29 is 14.3 Å². The molecule has 108 valence electrons. The number of nitrogens with two attached hydrogens (primary N) is 1. The Morgan fingerprint density at radius 3 is 2.70 bits per heavy atom. The third kappa shape index (κ3) is 2.72. The minimum absolute atomic E-state index is 0.0675. The van der Waals surface area contributed by atoms with E-state index in [-0.39, 0.29) is 5.91 Å². The average Bonchev–Trinajstić information content (AvgIpc) is 3.32. The Balaban J connectivity index is 1.78. The molecule has 0 aromatic heterocycles. The van der Waals surface area contributed by atoms with Gasteiger partial charge in [0.05, 0.1) is 0 Å². The smallest absolute Gasteiger partial charge is 0.254 e. The Bertz CT molecular complexity index is 500. The minimum atomic E-state index is 0.0675. The molecule has 1 saturated carbocycles. The van der Waals surface area contributed by atoms with Crippen molar-refractivity contribution in [3.63, 3.8) is 0 Å². The van der Waals surface area contributed by atoms with Crippen molar-refractivity contribution in [2.24, 2.45) is 5.73 Å². The van der Waals surface area contributed by atoms with Gasteiger partial charge in [-0.2, -0.15) is 0 Å². The molecule has 1 aliphatic carbocycles. The SMILES string of the molecule is NCCCN(C(=O)c1ccc2c(c1)OCCO2)C1CC1. The summed E-state index contributed by atoms with van der Waals surface area (Å²) in [5.74, 6) is 1.45. The lowest BCUT2D eigenvalue weighted by molar-refractivity contribution is 0.0741. The van der Waals surface area contributed by atoms with Crippen LogP contribution in [0.2, 0.25) is 0 Å². The van der Waals surface area contributed by atoms with E-state index in [1.807, 2.05) is 17.0 Å². The predicted molar refractivity (Wildman–Crippen MR) is 75.2 cm³/mol. The molecule has 20 heavy (non-hydrogen) atoms. The predicted octanol–water partition coefficient (Wildman–Crippen LogP) is 1.41. The van der Waals surface area contributed by atoms with Crippen LogP contribution in [0, 0.1) is 0 Å². The van der Waals surface area contributed by atoms with Gasteiger partial charge in [-0.3, -0.25) is 4.79 Å². The van der Waals surface area contributed by atoms with Crippen molar-refractivity contribution in [3.05, 3.63) is 23.8 Å². The first-order valence-corrected chi connectivity index (χ1v) is 7.20. The second-order valence-electron chi connectivity index (χ2n) is 5.23. The van der Waals surface area contributed by atoms with Crippen LogP contribution in [0.5, 0.6) is 11.5 Å². The third-order valence-electron chi connectivity index (χ3n) is 3.64. The van der Waals surface area contributed by atoms with E-state index in [1.165, 1.54) is 0 Å². The fourth-order valence-electron chi connectivity index (χ4n) is 2.44. The number of rotatable bonds is 5. The molecule has 0 unspecified atom stereocenters. The lowest BCUT2D eigenvalue weighted by Gasteiger charge is -2.24. The van der Waals surface area contributed by atoms with Gasteiger partial charge < -0.3 is 20.1 Å². The summed E-state index contributed by atoms with van der Waals surface area (Å²) >= 11 is 0. The Hall–Kier alpha value is -1.75. The molecule has 0 bridgehead atoms. The molecule has 2 N–H and O–H groups in total. The standard InChI is InChI=1S/C15H20N2O3/c16-6-1-7-17(12-3-4-12)15(18)11-2-5-13-14(10-11)20-9-8-19-13/h2,5,10,12H,1,3-4,6-9,16H2. The van der Waals surface area contributed by atoms with Crippen LogP contribution in [0.25, 0.3) is 0 Å². The van der Waals surface area contributed by atoms with Gasteiger partial charge in [0, 0.05) is 18.2 Å². The molecule has 2 aliphatic rings. The number of carbonyl (C=O) groups excluding carboxylic acids is 1. The molecule has 1 aliphatic heterocycles. The van der Waals surface area contributed by atoms with Crippen LogP contribution in [0.15, 0.2) is 18.2 Å². The normalized spacial score (nSPS) is 16.9. The molecule has 0 atom stereocenters. The molecular formula is C15H20N2O3. The molecule has 1 fully saturated rings. The Morgan fingerprint density at radius 1 is 1.25 bits per heavy atom.